The first kappa shape index (κ1) is 27.5. The number of anilines is 1. The highest BCUT2D eigenvalue weighted by Gasteiger charge is 2.30. The van der Waals surface area contributed by atoms with Gasteiger partial charge in [0.2, 0.25) is 21.8 Å². The van der Waals surface area contributed by atoms with E-state index in [1.807, 2.05) is 25.3 Å². The Morgan fingerprint density at radius 1 is 1.10 bits per heavy atom. The maximum Gasteiger partial charge on any atom is 0.242 e. The molecule has 1 fully saturated rings. The quantitative estimate of drug-likeness (QED) is 0.329. The van der Waals surface area contributed by atoms with Gasteiger partial charge in [0.25, 0.3) is 0 Å². The standard InChI is InChI=1S/C26H29FN8O4S/c1-15(2)35-16(3)30-25-21(35)11-20(31-26(25)39-4)24-19(27)13-29-22(32-24)10-17-6-7-18(12-28-17)34-9-8-33(14-23(34)36)40(5,37)38/h6-7,11-13,15H,8-10,14H2,1-5H3. The number of hydrogen-bond acceptors (Lipinski definition) is 9. The van der Waals surface area contributed by atoms with E-state index in [0.29, 0.717) is 28.4 Å². The highest BCUT2D eigenvalue weighted by molar-refractivity contribution is 7.88. The molecule has 12 nitrogen and oxygen atoms in total. The van der Waals surface area contributed by atoms with Crippen molar-refractivity contribution in [2.45, 2.75) is 33.2 Å². The van der Waals surface area contributed by atoms with Gasteiger partial charge in [0.15, 0.2) is 11.3 Å². The number of carbonyl (C=O) groups is 1. The number of halogens is 1. The van der Waals surface area contributed by atoms with E-state index in [1.54, 1.807) is 24.4 Å². The summed E-state index contributed by atoms with van der Waals surface area (Å²) in [5.74, 6) is 0.453. The Kier molecular flexibility index (Phi) is 7.23. The molecule has 0 spiro atoms. The van der Waals surface area contributed by atoms with Crippen LogP contribution >= 0.6 is 0 Å². The lowest BCUT2D eigenvalue weighted by atomic mass is 10.2. The number of methoxy groups -OCH3 is 1. The van der Waals surface area contributed by atoms with Crippen molar-refractivity contribution in [1.82, 2.24) is 33.8 Å². The first-order chi connectivity index (χ1) is 19.0. The summed E-state index contributed by atoms with van der Waals surface area (Å²) in [6, 6.07) is 5.33. The molecule has 1 amide bonds. The first-order valence-electron chi connectivity index (χ1n) is 12.6. The molecule has 5 rings (SSSR count). The smallest absolute Gasteiger partial charge is 0.242 e. The molecule has 5 heterocycles. The van der Waals surface area contributed by atoms with Crippen molar-refractivity contribution in [3.63, 3.8) is 0 Å². The Morgan fingerprint density at radius 3 is 2.50 bits per heavy atom. The third kappa shape index (κ3) is 5.23. The number of ether oxygens (including phenoxy) is 1. The zero-order valence-corrected chi connectivity index (χ0v) is 23.6. The summed E-state index contributed by atoms with van der Waals surface area (Å²) in [4.78, 5) is 36.1. The molecule has 40 heavy (non-hydrogen) atoms. The number of fused-ring (bicyclic) bond motifs is 1. The number of hydrogen-bond donors (Lipinski definition) is 0. The van der Waals surface area contributed by atoms with E-state index < -0.39 is 15.8 Å². The second kappa shape index (κ2) is 10.5. The van der Waals surface area contributed by atoms with E-state index >= 15 is 0 Å². The third-order valence-corrected chi connectivity index (χ3v) is 7.93. The molecule has 0 atom stereocenters. The fourth-order valence-electron chi connectivity index (χ4n) is 4.82. The molecule has 0 unspecified atom stereocenters. The van der Waals surface area contributed by atoms with Crippen LogP contribution in [0.15, 0.2) is 30.6 Å². The van der Waals surface area contributed by atoms with Gasteiger partial charge in [-0.3, -0.25) is 9.78 Å². The summed E-state index contributed by atoms with van der Waals surface area (Å²) in [7, 11) is -1.95. The lowest BCUT2D eigenvalue weighted by Gasteiger charge is -2.32. The number of aromatic nitrogens is 6. The average Bonchev–Trinajstić information content (AvgIpc) is 3.25. The van der Waals surface area contributed by atoms with Crippen molar-refractivity contribution in [3.05, 3.63) is 53.8 Å². The van der Waals surface area contributed by atoms with Crippen molar-refractivity contribution in [2.75, 3.05) is 37.9 Å². The molecule has 0 radical (unpaired) electrons. The molecule has 1 saturated heterocycles. The van der Waals surface area contributed by atoms with E-state index in [0.717, 1.165) is 28.1 Å². The molecule has 0 aromatic carbocycles. The Bertz CT molecular complexity index is 1710. The van der Waals surface area contributed by atoms with Gasteiger partial charge in [-0.15, -0.1) is 0 Å². The van der Waals surface area contributed by atoms with E-state index in [9.17, 15) is 17.6 Å². The van der Waals surface area contributed by atoms with Gasteiger partial charge >= 0.3 is 0 Å². The molecule has 4 aromatic heterocycles. The van der Waals surface area contributed by atoms with Crippen LogP contribution in [0.1, 0.15) is 37.2 Å². The van der Waals surface area contributed by atoms with Crippen molar-refractivity contribution in [2.24, 2.45) is 0 Å². The number of piperazine rings is 1. The second-order valence-electron chi connectivity index (χ2n) is 9.82. The zero-order chi connectivity index (χ0) is 28.8. The van der Waals surface area contributed by atoms with Crippen LogP contribution in [0.5, 0.6) is 5.88 Å². The molecule has 0 N–H and O–H groups in total. The number of sulfonamides is 1. The number of imidazole rings is 1. The summed E-state index contributed by atoms with van der Waals surface area (Å²) < 4.78 is 47.1. The number of carbonyl (C=O) groups excluding carboxylic acids is 1. The van der Waals surface area contributed by atoms with Gasteiger partial charge in [0.1, 0.15) is 17.3 Å². The highest BCUT2D eigenvalue weighted by atomic mass is 32.2. The minimum Gasteiger partial charge on any atom is -0.479 e. The van der Waals surface area contributed by atoms with Crippen LogP contribution in [0.3, 0.4) is 0 Å². The number of aryl methyl sites for hydroxylation is 1. The van der Waals surface area contributed by atoms with Crippen molar-refractivity contribution in [1.29, 1.82) is 0 Å². The Labute approximate surface area is 230 Å². The molecular formula is C26H29FN8O4S. The summed E-state index contributed by atoms with van der Waals surface area (Å²) in [5, 5.41) is 0. The third-order valence-electron chi connectivity index (χ3n) is 6.68. The van der Waals surface area contributed by atoms with E-state index in [2.05, 4.69) is 24.9 Å². The number of amides is 1. The van der Waals surface area contributed by atoms with Gasteiger partial charge in [-0.05, 0) is 39.0 Å². The molecule has 0 saturated carbocycles. The van der Waals surface area contributed by atoms with Crippen LogP contribution in [0.2, 0.25) is 0 Å². The van der Waals surface area contributed by atoms with E-state index in [-0.39, 0.29) is 49.6 Å². The van der Waals surface area contributed by atoms with Crippen LogP contribution in [0.25, 0.3) is 22.4 Å². The van der Waals surface area contributed by atoms with E-state index in [4.69, 9.17) is 4.74 Å². The Morgan fingerprint density at radius 2 is 1.88 bits per heavy atom. The lowest BCUT2D eigenvalue weighted by Crippen LogP contribution is -2.52. The minimum atomic E-state index is -3.44. The largest absolute Gasteiger partial charge is 0.479 e. The topological polar surface area (TPSA) is 136 Å². The SMILES string of the molecule is COc1nc(-c2nc(Cc3ccc(N4CCN(S(C)(=O)=O)CC4=O)cn3)ncc2F)cc2c1nc(C)n2C(C)C. The first-order valence-corrected chi connectivity index (χ1v) is 14.5. The lowest BCUT2D eigenvalue weighted by molar-refractivity contribution is -0.119. The zero-order valence-electron chi connectivity index (χ0n) is 22.8. The van der Waals surface area contributed by atoms with E-state index in [1.165, 1.54) is 12.0 Å². The predicted molar refractivity (Wildman–Crippen MR) is 146 cm³/mol. The molecule has 0 aliphatic carbocycles. The number of nitrogens with zero attached hydrogens (tertiary/aromatic N) is 8. The van der Waals surface area contributed by atoms with Crippen LogP contribution in [-0.4, -0.2) is 81.1 Å². The van der Waals surface area contributed by atoms with Crippen molar-refractivity contribution in [3.8, 4) is 17.3 Å². The average molecular weight is 569 g/mol. The summed E-state index contributed by atoms with van der Waals surface area (Å²) in [5.41, 5.74) is 2.85. The molecule has 210 valence electrons. The van der Waals surface area contributed by atoms with Crippen molar-refractivity contribution >= 4 is 32.7 Å². The van der Waals surface area contributed by atoms with Gasteiger partial charge in [0, 0.05) is 24.8 Å². The Balaban J connectivity index is 1.40. The fourth-order valence-corrected chi connectivity index (χ4v) is 5.57. The Hall–Kier alpha value is -4.04. The minimum absolute atomic E-state index is 0.0327. The molecule has 14 heteroatoms. The maximum atomic E-state index is 15.0. The van der Waals surface area contributed by atoms with Gasteiger partial charge in [-0.25, -0.2) is 32.7 Å². The maximum absolute atomic E-state index is 15.0. The molecular weight excluding hydrogens is 539 g/mol. The van der Waals surface area contributed by atoms with Gasteiger partial charge in [-0.2, -0.15) is 4.31 Å². The van der Waals surface area contributed by atoms with Crippen LogP contribution in [-0.2, 0) is 21.2 Å². The van der Waals surface area contributed by atoms with Crippen LogP contribution < -0.4 is 9.64 Å². The van der Waals surface area contributed by atoms with Crippen molar-refractivity contribution < 1.29 is 22.3 Å². The summed E-state index contributed by atoms with van der Waals surface area (Å²) in [6.07, 6.45) is 3.95. The van der Waals surface area contributed by atoms with Gasteiger partial charge < -0.3 is 14.2 Å². The highest BCUT2D eigenvalue weighted by Crippen LogP contribution is 2.31. The molecule has 0 bridgehead atoms. The predicted octanol–water partition coefficient (Wildman–Crippen LogP) is 2.52. The molecule has 1 aliphatic heterocycles. The van der Waals surface area contributed by atoms with Crippen LogP contribution in [0, 0.1) is 12.7 Å². The van der Waals surface area contributed by atoms with Gasteiger partial charge in [-0.1, -0.05) is 0 Å². The number of pyridine rings is 2. The normalized spacial score (nSPS) is 14.9. The van der Waals surface area contributed by atoms with Crippen LogP contribution in [0.4, 0.5) is 10.1 Å². The number of rotatable bonds is 7. The monoisotopic (exact) mass is 568 g/mol. The summed E-state index contributed by atoms with van der Waals surface area (Å²) in [6.45, 7) is 6.19. The second-order valence-corrected chi connectivity index (χ2v) is 11.8. The molecule has 4 aromatic rings. The van der Waals surface area contributed by atoms with Gasteiger partial charge in [0.05, 0.1) is 55.6 Å². The fraction of sp³-hybridized carbons (Fsp3) is 0.385. The molecule has 1 aliphatic rings. The summed E-state index contributed by atoms with van der Waals surface area (Å²) >= 11 is 0.